The van der Waals surface area contributed by atoms with Crippen LogP contribution in [0.1, 0.15) is 13.8 Å². The van der Waals surface area contributed by atoms with Crippen molar-refractivity contribution in [1.82, 2.24) is 5.09 Å². The molecule has 0 saturated carbocycles. The third-order valence-electron chi connectivity index (χ3n) is 2.16. The normalized spacial score (nSPS) is 15.4. The molecule has 0 amide bonds. The van der Waals surface area contributed by atoms with Gasteiger partial charge in [0.1, 0.15) is 11.8 Å². The molecule has 0 heterocycles. The van der Waals surface area contributed by atoms with Crippen molar-refractivity contribution in [3.05, 3.63) is 29.3 Å². The second-order valence-electron chi connectivity index (χ2n) is 3.99. The first-order valence-corrected chi connectivity index (χ1v) is 8.26. The number of halogens is 1. The van der Waals surface area contributed by atoms with E-state index in [2.05, 4.69) is 5.09 Å². The minimum atomic E-state index is -3.16. The Balaban J connectivity index is 2.63. The summed E-state index contributed by atoms with van der Waals surface area (Å²) in [5, 5.41) is 3.19. The molecule has 1 rings (SSSR count). The summed E-state index contributed by atoms with van der Waals surface area (Å²) in [5.74, 6) is -0.0527. The second-order valence-corrected chi connectivity index (χ2v) is 6.56. The first-order chi connectivity index (χ1) is 8.84. The van der Waals surface area contributed by atoms with Crippen LogP contribution < -0.4 is 9.61 Å². The number of ether oxygens (including phenoxy) is 1. The molecule has 1 aromatic rings. The summed E-state index contributed by atoms with van der Waals surface area (Å²) in [4.78, 5) is 11.4. The molecule has 0 spiro atoms. The van der Waals surface area contributed by atoms with Gasteiger partial charge in [-0.25, -0.2) is 5.09 Å². The van der Waals surface area contributed by atoms with E-state index < -0.39 is 19.5 Å². The standard InChI is InChI=1S/C12H17ClNO4P/c1-4-17-12(15)9(2)14-19(3,16)18-11-7-5-10(13)6-8-11/h5-9H,4H2,1-3H3,(H,14,16). The van der Waals surface area contributed by atoms with Crippen molar-refractivity contribution >= 4 is 25.1 Å². The molecular weight excluding hydrogens is 289 g/mol. The summed E-state index contributed by atoms with van der Waals surface area (Å²) >= 11 is 5.74. The monoisotopic (exact) mass is 305 g/mol. The molecule has 19 heavy (non-hydrogen) atoms. The third-order valence-corrected chi connectivity index (χ3v) is 3.83. The Hall–Kier alpha value is -1.03. The maximum Gasteiger partial charge on any atom is 0.323 e. The zero-order valence-electron chi connectivity index (χ0n) is 11.1. The van der Waals surface area contributed by atoms with E-state index in [1.807, 2.05) is 0 Å². The fourth-order valence-electron chi connectivity index (χ4n) is 1.39. The summed E-state index contributed by atoms with van der Waals surface area (Å²) in [7, 11) is -3.16. The van der Waals surface area contributed by atoms with Crippen LogP contribution >= 0.6 is 19.1 Å². The average molecular weight is 306 g/mol. The van der Waals surface area contributed by atoms with Crippen molar-refractivity contribution in [3.63, 3.8) is 0 Å². The van der Waals surface area contributed by atoms with Crippen molar-refractivity contribution in [1.29, 1.82) is 0 Å². The summed E-state index contributed by atoms with van der Waals surface area (Å²) < 4.78 is 22.4. The molecule has 0 aromatic heterocycles. The van der Waals surface area contributed by atoms with Gasteiger partial charge >= 0.3 is 13.5 Å². The average Bonchev–Trinajstić information content (AvgIpc) is 2.31. The number of carbonyl (C=O) groups excluding carboxylic acids is 1. The molecule has 0 aliphatic carbocycles. The van der Waals surface area contributed by atoms with Gasteiger partial charge < -0.3 is 9.26 Å². The van der Waals surface area contributed by atoms with E-state index in [4.69, 9.17) is 20.9 Å². The molecule has 0 aliphatic heterocycles. The van der Waals surface area contributed by atoms with E-state index in [0.717, 1.165) is 0 Å². The van der Waals surface area contributed by atoms with E-state index in [1.54, 1.807) is 38.1 Å². The lowest BCUT2D eigenvalue weighted by molar-refractivity contribution is -0.144. The SMILES string of the molecule is CCOC(=O)C(C)NP(C)(=O)Oc1ccc(Cl)cc1. The van der Waals surface area contributed by atoms with Crippen LogP contribution in [0.4, 0.5) is 0 Å². The molecule has 5 nitrogen and oxygen atoms in total. The van der Waals surface area contributed by atoms with Crippen LogP contribution in [0.15, 0.2) is 24.3 Å². The Morgan fingerprint density at radius 2 is 2.00 bits per heavy atom. The first-order valence-electron chi connectivity index (χ1n) is 5.81. The number of esters is 1. The molecule has 1 N–H and O–H groups in total. The topological polar surface area (TPSA) is 64.6 Å². The molecule has 0 bridgehead atoms. The van der Waals surface area contributed by atoms with Crippen molar-refractivity contribution in [2.75, 3.05) is 13.3 Å². The van der Waals surface area contributed by atoms with Crippen LogP contribution in [0.5, 0.6) is 5.75 Å². The zero-order valence-corrected chi connectivity index (χ0v) is 12.7. The lowest BCUT2D eigenvalue weighted by atomic mass is 10.3. The van der Waals surface area contributed by atoms with Gasteiger partial charge in [-0.1, -0.05) is 11.6 Å². The summed E-state index contributed by atoms with van der Waals surface area (Å²) in [6, 6.07) is 5.77. The predicted octanol–water partition coefficient (Wildman–Crippen LogP) is 3.08. The second kappa shape index (κ2) is 6.94. The minimum absolute atomic E-state index is 0.275. The van der Waals surface area contributed by atoms with E-state index in [-0.39, 0.29) is 6.61 Å². The van der Waals surface area contributed by atoms with Gasteiger partial charge in [-0.3, -0.25) is 9.36 Å². The summed E-state index contributed by atoms with van der Waals surface area (Å²) in [5.41, 5.74) is 0. The van der Waals surface area contributed by atoms with Gasteiger partial charge in [-0.05, 0) is 38.1 Å². The van der Waals surface area contributed by atoms with Crippen LogP contribution in [0.3, 0.4) is 0 Å². The number of nitrogens with one attached hydrogen (secondary N) is 1. The van der Waals surface area contributed by atoms with Crippen LogP contribution in [0.25, 0.3) is 0 Å². The highest BCUT2D eigenvalue weighted by Crippen LogP contribution is 2.39. The van der Waals surface area contributed by atoms with Gasteiger partial charge in [0.2, 0.25) is 0 Å². The Bertz CT molecular complexity index is 477. The fraction of sp³-hybridized carbons (Fsp3) is 0.417. The minimum Gasteiger partial charge on any atom is -0.465 e. The number of hydrogen-bond donors (Lipinski definition) is 1. The highest BCUT2D eigenvalue weighted by atomic mass is 35.5. The van der Waals surface area contributed by atoms with Crippen LogP contribution in [-0.2, 0) is 14.1 Å². The molecule has 7 heteroatoms. The molecule has 0 saturated heterocycles. The van der Waals surface area contributed by atoms with E-state index in [1.165, 1.54) is 6.66 Å². The third kappa shape index (κ3) is 5.64. The molecule has 0 aliphatic rings. The van der Waals surface area contributed by atoms with E-state index in [9.17, 15) is 9.36 Å². The highest BCUT2D eigenvalue weighted by molar-refractivity contribution is 7.56. The van der Waals surface area contributed by atoms with E-state index in [0.29, 0.717) is 10.8 Å². The van der Waals surface area contributed by atoms with Gasteiger partial charge in [0, 0.05) is 11.7 Å². The summed E-state index contributed by atoms with van der Waals surface area (Å²) in [6.45, 7) is 4.95. The lowest BCUT2D eigenvalue weighted by Gasteiger charge is -2.20. The van der Waals surface area contributed by atoms with Crippen molar-refractivity contribution in [3.8, 4) is 5.75 Å². The number of carbonyl (C=O) groups is 1. The highest BCUT2D eigenvalue weighted by Gasteiger charge is 2.25. The van der Waals surface area contributed by atoms with Crippen LogP contribution in [0, 0.1) is 0 Å². The largest absolute Gasteiger partial charge is 0.465 e. The zero-order chi connectivity index (χ0) is 14.5. The van der Waals surface area contributed by atoms with E-state index >= 15 is 0 Å². The van der Waals surface area contributed by atoms with Crippen molar-refractivity contribution < 1.29 is 18.6 Å². The number of benzene rings is 1. The Kier molecular flexibility index (Phi) is 5.85. The van der Waals surface area contributed by atoms with Gasteiger partial charge in [0.25, 0.3) is 0 Å². The molecular formula is C12H17ClNO4P. The molecule has 1 aromatic carbocycles. The first kappa shape index (κ1) is 16.0. The molecule has 0 fully saturated rings. The fourth-order valence-corrected chi connectivity index (χ4v) is 2.91. The molecule has 2 unspecified atom stereocenters. The van der Waals surface area contributed by atoms with Crippen LogP contribution in [0.2, 0.25) is 5.02 Å². The van der Waals surface area contributed by atoms with Gasteiger partial charge in [-0.2, -0.15) is 0 Å². The van der Waals surface area contributed by atoms with Gasteiger partial charge in [-0.15, -0.1) is 0 Å². The molecule has 2 atom stereocenters. The van der Waals surface area contributed by atoms with Crippen LogP contribution in [-0.4, -0.2) is 25.3 Å². The summed E-state index contributed by atoms with van der Waals surface area (Å²) in [6.07, 6.45) is 0. The number of rotatable bonds is 6. The van der Waals surface area contributed by atoms with Gasteiger partial charge in [0.05, 0.1) is 6.61 Å². The predicted molar refractivity (Wildman–Crippen MR) is 74.8 cm³/mol. The Labute approximate surface area is 117 Å². The van der Waals surface area contributed by atoms with Crippen molar-refractivity contribution in [2.24, 2.45) is 0 Å². The van der Waals surface area contributed by atoms with Gasteiger partial charge in [0.15, 0.2) is 0 Å². The lowest BCUT2D eigenvalue weighted by Crippen LogP contribution is -2.34. The molecule has 106 valence electrons. The smallest absolute Gasteiger partial charge is 0.323 e. The maximum absolute atomic E-state index is 12.2. The van der Waals surface area contributed by atoms with Crippen molar-refractivity contribution in [2.45, 2.75) is 19.9 Å². The number of hydrogen-bond acceptors (Lipinski definition) is 4. The molecule has 0 radical (unpaired) electrons. The quantitative estimate of drug-likeness (QED) is 0.646. The Morgan fingerprint density at radius 1 is 1.42 bits per heavy atom. The Morgan fingerprint density at radius 3 is 2.53 bits per heavy atom. The maximum atomic E-state index is 12.2.